The Hall–Kier alpha value is -3.42. The molecule has 3 aromatic heterocycles. The van der Waals surface area contributed by atoms with Crippen molar-refractivity contribution in [1.29, 1.82) is 0 Å². The molecule has 2 amide bonds. The summed E-state index contributed by atoms with van der Waals surface area (Å²) >= 11 is 0. The molecule has 4 heterocycles. The van der Waals surface area contributed by atoms with E-state index in [1.807, 2.05) is 24.4 Å². The summed E-state index contributed by atoms with van der Waals surface area (Å²) in [6, 6.07) is 3.81. The number of nitrogens with one attached hydrogen (secondary N) is 2. The van der Waals surface area contributed by atoms with E-state index in [-0.39, 0.29) is 5.91 Å². The molecule has 25 heavy (non-hydrogen) atoms. The van der Waals surface area contributed by atoms with Crippen LogP contribution in [0.1, 0.15) is 22.3 Å². The number of carbonyl (C=O) groups is 2. The van der Waals surface area contributed by atoms with Crippen LogP contribution in [0.15, 0.2) is 41.4 Å². The summed E-state index contributed by atoms with van der Waals surface area (Å²) in [4.78, 5) is 32.2. The second-order valence-corrected chi connectivity index (χ2v) is 5.70. The first-order chi connectivity index (χ1) is 12.3. The third kappa shape index (κ3) is 2.78. The quantitative estimate of drug-likeness (QED) is 0.709. The third-order valence-corrected chi connectivity index (χ3v) is 4.26. The van der Waals surface area contributed by atoms with Gasteiger partial charge in [0.05, 0.1) is 11.8 Å². The van der Waals surface area contributed by atoms with E-state index >= 15 is 0 Å². The zero-order valence-electron chi connectivity index (χ0n) is 13.2. The van der Waals surface area contributed by atoms with E-state index in [4.69, 9.17) is 4.52 Å². The Morgan fingerprint density at radius 3 is 3.08 bits per heavy atom. The second-order valence-electron chi connectivity index (χ2n) is 5.70. The van der Waals surface area contributed by atoms with Crippen molar-refractivity contribution in [2.75, 3.05) is 18.4 Å². The van der Waals surface area contributed by atoms with Crippen molar-refractivity contribution in [3.63, 3.8) is 0 Å². The van der Waals surface area contributed by atoms with Crippen molar-refractivity contribution in [3.8, 4) is 0 Å². The lowest BCUT2D eigenvalue weighted by molar-refractivity contribution is -0.105. The lowest BCUT2D eigenvalue weighted by atomic mass is 9.97. The molecular formula is C17H15N5O3. The molecule has 8 heteroatoms. The molecule has 0 saturated carbocycles. The number of fused-ring (bicyclic) bond motifs is 1. The lowest BCUT2D eigenvalue weighted by Crippen LogP contribution is -2.34. The van der Waals surface area contributed by atoms with Gasteiger partial charge in [0.25, 0.3) is 5.91 Å². The van der Waals surface area contributed by atoms with Crippen molar-refractivity contribution < 1.29 is 14.1 Å². The van der Waals surface area contributed by atoms with E-state index < -0.39 is 0 Å². The van der Waals surface area contributed by atoms with Crippen molar-refractivity contribution >= 4 is 34.7 Å². The fourth-order valence-electron chi connectivity index (χ4n) is 3.03. The summed E-state index contributed by atoms with van der Waals surface area (Å²) in [5.74, 6) is 0.394. The molecule has 0 radical (unpaired) electrons. The number of nitrogens with zero attached hydrogens (tertiary/aromatic N) is 3. The Kier molecular flexibility index (Phi) is 3.77. The van der Waals surface area contributed by atoms with Crippen molar-refractivity contribution in [2.24, 2.45) is 0 Å². The first-order valence-corrected chi connectivity index (χ1v) is 7.82. The van der Waals surface area contributed by atoms with Gasteiger partial charge in [-0.2, -0.15) is 0 Å². The molecule has 0 unspecified atom stereocenters. The number of hydrogen-bond acceptors (Lipinski definition) is 5. The summed E-state index contributed by atoms with van der Waals surface area (Å²) in [5.41, 5.74) is 3.29. The molecule has 0 fully saturated rings. The number of aromatic amines is 1. The molecule has 1 aliphatic heterocycles. The van der Waals surface area contributed by atoms with Gasteiger partial charge in [0.15, 0.2) is 0 Å². The highest BCUT2D eigenvalue weighted by atomic mass is 16.5. The van der Waals surface area contributed by atoms with Crippen LogP contribution in [0.2, 0.25) is 0 Å². The highest BCUT2D eigenvalue weighted by Gasteiger charge is 2.21. The van der Waals surface area contributed by atoms with Crippen LogP contribution in [0.25, 0.3) is 16.6 Å². The predicted molar refractivity (Wildman–Crippen MR) is 90.8 cm³/mol. The average molecular weight is 337 g/mol. The van der Waals surface area contributed by atoms with E-state index in [1.165, 1.54) is 12.5 Å². The SMILES string of the molecule is O=CNc1cc(C2=CCN(C(=O)c3cnoc3)CC2)c2cc[nH]c2n1. The number of rotatable bonds is 4. The summed E-state index contributed by atoms with van der Waals surface area (Å²) in [7, 11) is 0. The molecular weight excluding hydrogens is 322 g/mol. The van der Waals surface area contributed by atoms with Crippen LogP contribution in [-0.2, 0) is 4.79 Å². The molecule has 3 aromatic rings. The Balaban J connectivity index is 1.63. The van der Waals surface area contributed by atoms with E-state index in [9.17, 15) is 9.59 Å². The van der Waals surface area contributed by atoms with Gasteiger partial charge in [-0.3, -0.25) is 9.59 Å². The van der Waals surface area contributed by atoms with E-state index in [0.29, 0.717) is 42.9 Å². The highest BCUT2D eigenvalue weighted by molar-refractivity contribution is 5.96. The Morgan fingerprint density at radius 2 is 2.36 bits per heavy atom. The second kappa shape index (κ2) is 6.23. The molecule has 126 valence electrons. The van der Waals surface area contributed by atoms with Gasteiger partial charge in [-0.05, 0) is 29.7 Å². The number of H-pyrrole nitrogens is 1. The smallest absolute Gasteiger partial charge is 0.259 e. The maximum Gasteiger partial charge on any atom is 0.259 e. The topological polar surface area (TPSA) is 104 Å². The molecule has 0 bridgehead atoms. The minimum atomic E-state index is -0.0959. The molecule has 0 spiro atoms. The molecule has 0 aromatic carbocycles. The fourth-order valence-corrected chi connectivity index (χ4v) is 3.03. The van der Waals surface area contributed by atoms with Crippen LogP contribution in [-0.4, -0.2) is 45.4 Å². The molecule has 0 aliphatic carbocycles. The molecule has 1 aliphatic rings. The average Bonchev–Trinajstić information content (AvgIpc) is 3.32. The van der Waals surface area contributed by atoms with Crippen LogP contribution in [0, 0.1) is 0 Å². The molecule has 2 N–H and O–H groups in total. The minimum absolute atomic E-state index is 0.0959. The number of amides is 2. The van der Waals surface area contributed by atoms with Gasteiger partial charge in [-0.25, -0.2) is 4.98 Å². The van der Waals surface area contributed by atoms with Gasteiger partial charge in [-0.1, -0.05) is 11.2 Å². The van der Waals surface area contributed by atoms with Crippen molar-refractivity contribution in [2.45, 2.75) is 6.42 Å². The molecule has 8 nitrogen and oxygen atoms in total. The molecule has 4 rings (SSSR count). The Morgan fingerprint density at radius 1 is 1.44 bits per heavy atom. The van der Waals surface area contributed by atoms with Crippen LogP contribution in [0.5, 0.6) is 0 Å². The maximum absolute atomic E-state index is 12.3. The van der Waals surface area contributed by atoms with Crippen molar-refractivity contribution in [3.05, 3.63) is 48.0 Å². The number of aromatic nitrogens is 3. The van der Waals surface area contributed by atoms with Crippen LogP contribution < -0.4 is 5.32 Å². The number of carbonyl (C=O) groups excluding carboxylic acids is 2. The number of hydrogen-bond donors (Lipinski definition) is 2. The summed E-state index contributed by atoms with van der Waals surface area (Å²) in [6.45, 7) is 1.10. The standard InChI is InChI=1S/C17H15N5O3/c23-10-19-15-7-14(13-1-4-18-16(13)21-15)11-2-5-22(6-3-11)17(24)12-8-20-25-9-12/h1-2,4,7-10H,3,5-6H2,(H2,18,19,21,23). The van der Waals surface area contributed by atoms with E-state index in [1.54, 1.807) is 4.90 Å². The third-order valence-electron chi connectivity index (χ3n) is 4.26. The van der Waals surface area contributed by atoms with E-state index in [0.717, 1.165) is 16.5 Å². The van der Waals surface area contributed by atoms with Gasteiger partial charge < -0.3 is 19.7 Å². The van der Waals surface area contributed by atoms with E-state index in [2.05, 4.69) is 20.4 Å². The van der Waals surface area contributed by atoms with Gasteiger partial charge in [0.2, 0.25) is 6.41 Å². The summed E-state index contributed by atoms with van der Waals surface area (Å²) in [5, 5.41) is 7.15. The van der Waals surface area contributed by atoms with Crippen LogP contribution in [0.3, 0.4) is 0 Å². The van der Waals surface area contributed by atoms with Gasteiger partial charge in [-0.15, -0.1) is 0 Å². The first-order valence-electron chi connectivity index (χ1n) is 7.82. The Bertz CT molecular complexity index is 958. The van der Waals surface area contributed by atoms with Gasteiger partial charge in [0, 0.05) is 24.7 Å². The monoisotopic (exact) mass is 337 g/mol. The predicted octanol–water partition coefficient (Wildman–Crippen LogP) is 2.05. The van der Waals surface area contributed by atoms with Gasteiger partial charge in [0.1, 0.15) is 17.7 Å². The van der Waals surface area contributed by atoms with Crippen LogP contribution >= 0.6 is 0 Å². The normalized spacial score (nSPS) is 14.4. The highest BCUT2D eigenvalue weighted by Crippen LogP contribution is 2.30. The molecule has 0 saturated heterocycles. The zero-order valence-corrected chi connectivity index (χ0v) is 13.2. The number of anilines is 1. The zero-order chi connectivity index (χ0) is 17.2. The largest absolute Gasteiger partial charge is 0.364 e. The Labute approximate surface area is 142 Å². The maximum atomic E-state index is 12.3. The lowest BCUT2D eigenvalue weighted by Gasteiger charge is -2.26. The molecule has 0 atom stereocenters. The first kappa shape index (κ1) is 15.1. The fraction of sp³-hybridized carbons (Fsp3) is 0.176. The summed E-state index contributed by atoms with van der Waals surface area (Å²) < 4.78 is 4.73. The summed E-state index contributed by atoms with van der Waals surface area (Å²) in [6.07, 6.45) is 7.94. The van der Waals surface area contributed by atoms with Gasteiger partial charge >= 0.3 is 0 Å². The number of pyridine rings is 1. The minimum Gasteiger partial charge on any atom is -0.364 e. The van der Waals surface area contributed by atoms with Crippen LogP contribution in [0.4, 0.5) is 5.82 Å². The van der Waals surface area contributed by atoms with Crippen molar-refractivity contribution in [1.82, 2.24) is 20.0 Å².